The van der Waals surface area contributed by atoms with Crippen LogP contribution in [0.4, 0.5) is 29.2 Å². The van der Waals surface area contributed by atoms with Gasteiger partial charge in [-0.15, -0.1) is 0 Å². The van der Waals surface area contributed by atoms with E-state index in [1.807, 2.05) is 0 Å². The van der Waals surface area contributed by atoms with Gasteiger partial charge in [-0.1, -0.05) is 0 Å². The molecule has 1 saturated carbocycles. The maximum atomic E-state index is 14.8. The van der Waals surface area contributed by atoms with Gasteiger partial charge in [-0.05, 0) is 44.7 Å². The van der Waals surface area contributed by atoms with E-state index in [1.54, 1.807) is 18.6 Å². The van der Waals surface area contributed by atoms with Gasteiger partial charge in [0, 0.05) is 18.0 Å². The van der Waals surface area contributed by atoms with Crippen molar-refractivity contribution < 1.29 is 26.0 Å². The Kier molecular flexibility index (Phi) is 6.19. The lowest BCUT2D eigenvalue weighted by Crippen LogP contribution is -2.32. The van der Waals surface area contributed by atoms with Crippen molar-refractivity contribution in [3.05, 3.63) is 40.3 Å². The van der Waals surface area contributed by atoms with Gasteiger partial charge in [-0.2, -0.15) is 4.98 Å². The number of nitrogens with zero attached hydrogens (tertiary/aromatic N) is 4. The van der Waals surface area contributed by atoms with Crippen molar-refractivity contribution in [1.29, 1.82) is 0 Å². The van der Waals surface area contributed by atoms with Gasteiger partial charge in [0.05, 0.1) is 6.20 Å². The van der Waals surface area contributed by atoms with Crippen molar-refractivity contribution in [2.45, 2.75) is 45.1 Å². The number of anilines is 2. The third-order valence-corrected chi connectivity index (χ3v) is 6.74. The van der Waals surface area contributed by atoms with Crippen molar-refractivity contribution in [3.63, 3.8) is 0 Å². The SMILES string of the molecule is CC(C)n1c(=O)c(-c2cc(F)c(NS(=O)(=O)CC(F)(F)CC3CC3)c(F)c2)nc2cnc(N)nc21. The van der Waals surface area contributed by atoms with Gasteiger partial charge in [0.2, 0.25) is 16.0 Å². The fraction of sp³-hybridized carbons (Fsp3) is 0.429. The predicted molar refractivity (Wildman–Crippen MR) is 121 cm³/mol. The molecule has 9 nitrogen and oxygen atoms in total. The zero-order valence-electron chi connectivity index (χ0n) is 18.7. The van der Waals surface area contributed by atoms with Crippen LogP contribution in [0.15, 0.2) is 23.1 Å². The molecule has 14 heteroatoms. The number of nitrogen functional groups attached to an aromatic ring is 1. The fourth-order valence-corrected chi connectivity index (χ4v) is 5.01. The Labute approximate surface area is 197 Å². The molecule has 0 bridgehead atoms. The Bertz CT molecular complexity index is 1450. The van der Waals surface area contributed by atoms with E-state index in [0.717, 1.165) is 0 Å². The van der Waals surface area contributed by atoms with E-state index >= 15 is 0 Å². The standard InChI is InChI=1S/C21H22F4N6O3S/c1-10(2)31-18-15(8-27-20(26)29-18)28-16(19(31)32)12-5-13(22)17(14(23)6-12)30-35(33,34)9-21(24,25)7-11-3-4-11/h5-6,8,10-11,30H,3-4,7,9H2,1-2H3,(H2,26,27,29). The first-order chi connectivity index (χ1) is 16.3. The van der Waals surface area contributed by atoms with E-state index in [9.17, 15) is 30.8 Å². The molecular formula is C21H22F4N6O3S. The Hall–Kier alpha value is -3.29. The first kappa shape index (κ1) is 24.8. The second kappa shape index (κ2) is 8.73. The molecule has 188 valence electrons. The highest BCUT2D eigenvalue weighted by molar-refractivity contribution is 7.92. The third-order valence-electron chi connectivity index (χ3n) is 5.43. The van der Waals surface area contributed by atoms with E-state index in [2.05, 4.69) is 15.0 Å². The zero-order chi connectivity index (χ0) is 25.7. The van der Waals surface area contributed by atoms with Crippen molar-refractivity contribution in [1.82, 2.24) is 19.5 Å². The van der Waals surface area contributed by atoms with E-state index in [-0.39, 0.29) is 34.3 Å². The molecule has 0 spiro atoms. The summed E-state index contributed by atoms with van der Waals surface area (Å²) in [6.07, 6.45) is 1.82. The second-order valence-electron chi connectivity index (χ2n) is 8.85. The number of rotatable bonds is 8. The minimum Gasteiger partial charge on any atom is -0.368 e. The molecule has 0 amide bonds. The van der Waals surface area contributed by atoms with Crippen LogP contribution in [0.3, 0.4) is 0 Å². The Morgan fingerprint density at radius 3 is 2.40 bits per heavy atom. The Morgan fingerprint density at radius 2 is 1.83 bits per heavy atom. The lowest BCUT2D eigenvalue weighted by molar-refractivity contribution is 0.0110. The molecule has 0 unspecified atom stereocenters. The van der Waals surface area contributed by atoms with Crippen LogP contribution < -0.4 is 16.0 Å². The van der Waals surface area contributed by atoms with Crippen LogP contribution in [0.2, 0.25) is 0 Å². The lowest BCUT2D eigenvalue weighted by atomic mass is 10.1. The van der Waals surface area contributed by atoms with Crippen LogP contribution in [0.5, 0.6) is 0 Å². The molecule has 3 aromatic rings. The van der Waals surface area contributed by atoms with Gasteiger partial charge < -0.3 is 5.73 Å². The molecular weight excluding hydrogens is 492 g/mol. The first-order valence-electron chi connectivity index (χ1n) is 10.7. The van der Waals surface area contributed by atoms with Gasteiger partial charge >= 0.3 is 0 Å². The van der Waals surface area contributed by atoms with Crippen molar-refractivity contribution in [3.8, 4) is 11.3 Å². The average Bonchev–Trinajstić information content (AvgIpc) is 3.52. The summed E-state index contributed by atoms with van der Waals surface area (Å²) in [6.45, 7) is 3.36. The summed E-state index contributed by atoms with van der Waals surface area (Å²) in [4.78, 5) is 25.0. The van der Waals surface area contributed by atoms with E-state index in [0.29, 0.717) is 25.0 Å². The summed E-state index contributed by atoms with van der Waals surface area (Å²) in [5.74, 6) is -8.30. The minimum atomic E-state index is -4.78. The molecule has 1 aromatic carbocycles. The number of nitrogens with one attached hydrogen (secondary N) is 1. The molecule has 0 aliphatic heterocycles. The van der Waals surface area contributed by atoms with Crippen molar-refractivity contribution in [2.75, 3.05) is 16.2 Å². The number of nitrogens with two attached hydrogens (primary N) is 1. The van der Waals surface area contributed by atoms with E-state index in [1.165, 1.54) is 10.8 Å². The molecule has 1 aliphatic rings. The summed E-state index contributed by atoms with van der Waals surface area (Å²) in [5, 5.41) is 0. The highest BCUT2D eigenvalue weighted by Crippen LogP contribution is 2.39. The first-order valence-corrected chi connectivity index (χ1v) is 12.3. The summed E-state index contributed by atoms with van der Waals surface area (Å²) >= 11 is 0. The minimum absolute atomic E-state index is 0.0997. The molecule has 1 aliphatic carbocycles. The van der Waals surface area contributed by atoms with Crippen LogP contribution in [-0.2, 0) is 10.0 Å². The van der Waals surface area contributed by atoms with Crippen LogP contribution >= 0.6 is 0 Å². The molecule has 0 saturated heterocycles. The molecule has 1 fully saturated rings. The number of hydrogen-bond acceptors (Lipinski definition) is 7. The molecule has 4 rings (SSSR count). The van der Waals surface area contributed by atoms with Crippen molar-refractivity contribution in [2.24, 2.45) is 5.92 Å². The van der Waals surface area contributed by atoms with Crippen LogP contribution in [0.1, 0.15) is 39.2 Å². The van der Waals surface area contributed by atoms with E-state index < -0.39 is 57.0 Å². The largest absolute Gasteiger partial charge is 0.368 e. The molecule has 3 N–H and O–H groups in total. The summed E-state index contributed by atoms with van der Waals surface area (Å²) in [7, 11) is -4.78. The number of aromatic nitrogens is 4. The number of sulfonamides is 1. The topological polar surface area (TPSA) is 133 Å². The highest BCUT2D eigenvalue weighted by Gasteiger charge is 2.41. The van der Waals surface area contributed by atoms with Crippen LogP contribution in [0, 0.1) is 17.6 Å². The van der Waals surface area contributed by atoms with Gasteiger partial charge in [-0.3, -0.25) is 14.1 Å². The monoisotopic (exact) mass is 514 g/mol. The smallest absolute Gasteiger partial charge is 0.278 e. The third kappa shape index (κ3) is 5.36. The van der Waals surface area contributed by atoms with Gasteiger partial charge in [0.25, 0.3) is 11.5 Å². The van der Waals surface area contributed by atoms with Gasteiger partial charge in [0.15, 0.2) is 17.3 Å². The molecule has 2 heterocycles. The number of benzene rings is 1. The van der Waals surface area contributed by atoms with Crippen LogP contribution in [0.25, 0.3) is 22.4 Å². The highest BCUT2D eigenvalue weighted by atomic mass is 32.2. The Balaban J connectivity index is 1.72. The summed E-state index contributed by atoms with van der Waals surface area (Å²) < 4.78 is 84.9. The number of fused-ring (bicyclic) bond motifs is 1. The zero-order valence-corrected chi connectivity index (χ0v) is 19.5. The molecule has 2 aromatic heterocycles. The fourth-order valence-electron chi connectivity index (χ4n) is 3.76. The van der Waals surface area contributed by atoms with Crippen molar-refractivity contribution >= 4 is 32.8 Å². The van der Waals surface area contributed by atoms with Crippen LogP contribution in [-0.4, -0.2) is 39.6 Å². The number of hydrogen-bond donors (Lipinski definition) is 2. The normalized spacial score (nSPS) is 14.6. The number of alkyl halides is 2. The average molecular weight is 515 g/mol. The maximum Gasteiger partial charge on any atom is 0.278 e. The molecule has 0 atom stereocenters. The van der Waals surface area contributed by atoms with Gasteiger partial charge in [0.1, 0.15) is 22.7 Å². The molecule has 35 heavy (non-hydrogen) atoms. The quantitative estimate of drug-likeness (QED) is 0.440. The predicted octanol–water partition coefficient (Wildman–Crippen LogP) is 3.47. The maximum absolute atomic E-state index is 14.8. The summed E-state index contributed by atoms with van der Waals surface area (Å²) in [5.41, 5.74) is 3.36. The summed E-state index contributed by atoms with van der Waals surface area (Å²) in [6, 6.07) is 0.961. The molecule has 0 radical (unpaired) electrons. The Morgan fingerprint density at radius 1 is 1.20 bits per heavy atom. The second-order valence-corrected chi connectivity index (χ2v) is 10.6. The lowest BCUT2D eigenvalue weighted by Gasteiger charge is -2.18. The number of halogens is 4. The van der Waals surface area contributed by atoms with E-state index in [4.69, 9.17) is 5.73 Å². The van der Waals surface area contributed by atoms with Gasteiger partial charge in [-0.25, -0.2) is 35.9 Å².